The summed E-state index contributed by atoms with van der Waals surface area (Å²) in [6.07, 6.45) is 3.03. The highest BCUT2D eigenvalue weighted by Gasteiger charge is 2.08. The lowest BCUT2D eigenvalue weighted by Gasteiger charge is -2.05. The minimum absolute atomic E-state index is 0.309. The van der Waals surface area contributed by atoms with Crippen LogP contribution in [0.1, 0.15) is 5.56 Å². The molecule has 0 aliphatic heterocycles. The van der Waals surface area contributed by atoms with Gasteiger partial charge in [-0.3, -0.25) is 4.98 Å². The van der Waals surface area contributed by atoms with Crippen molar-refractivity contribution in [3.05, 3.63) is 34.6 Å². The van der Waals surface area contributed by atoms with Gasteiger partial charge in [0.05, 0.1) is 10.0 Å². The molecule has 64 valence electrons. The lowest BCUT2D eigenvalue weighted by Crippen LogP contribution is -1.88. The van der Waals surface area contributed by atoms with Crippen molar-refractivity contribution >= 4 is 40.4 Å². The zero-order valence-corrected chi connectivity index (χ0v) is 8.42. The maximum atomic E-state index is 5.84. The van der Waals surface area contributed by atoms with E-state index in [2.05, 4.69) is 11.6 Å². The standard InChI is InChI=1S/C8H6Cl3N/c1-5(2-9)8-6(10)3-12-4-7(8)11/h3-4H,1-2H2. The molecule has 0 unspecified atom stereocenters. The fourth-order valence-electron chi connectivity index (χ4n) is 0.816. The van der Waals surface area contributed by atoms with Crippen molar-refractivity contribution < 1.29 is 0 Å². The molecule has 0 aliphatic carbocycles. The molecular weight excluding hydrogens is 216 g/mol. The van der Waals surface area contributed by atoms with E-state index in [4.69, 9.17) is 34.8 Å². The van der Waals surface area contributed by atoms with Gasteiger partial charge in [0.1, 0.15) is 0 Å². The molecular formula is C8H6Cl3N. The first-order chi connectivity index (χ1) is 5.66. The van der Waals surface area contributed by atoms with Crippen molar-refractivity contribution in [3.8, 4) is 0 Å². The molecule has 0 fully saturated rings. The second-order valence-corrected chi connectivity index (χ2v) is 3.30. The first kappa shape index (κ1) is 9.85. The third-order valence-corrected chi connectivity index (χ3v) is 2.26. The SMILES string of the molecule is C=C(CCl)c1c(Cl)cncc1Cl. The van der Waals surface area contributed by atoms with Gasteiger partial charge in [0.15, 0.2) is 0 Å². The van der Waals surface area contributed by atoms with Gasteiger partial charge in [-0.15, -0.1) is 11.6 Å². The molecule has 0 aromatic carbocycles. The Labute approximate surface area is 86.0 Å². The van der Waals surface area contributed by atoms with Gasteiger partial charge < -0.3 is 0 Å². The van der Waals surface area contributed by atoms with E-state index in [9.17, 15) is 0 Å². The van der Waals surface area contributed by atoms with Gasteiger partial charge in [0.25, 0.3) is 0 Å². The zero-order chi connectivity index (χ0) is 9.14. The van der Waals surface area contributed by atoms with E-state index in [0.29, 0.717) is 27.1 Å². The normalized spacial score (nSPS) is 9.92. The predicted octanol–water partition coefficient (Wildman–Crippen LogP) is 3.64. The third-order valence-electron chi connectivity index (χ3n) is 1.37. The van der Waals surface area contributed by atoms with Crippen LogP contribution >= 0.6 is 34.8 Å². The molecule has 12 heavy (non-hydrogen) atoms. The Morgan fingerprint density at radius 2 is 1.83 bits per heavy atom. The fraction of sp³-hybridized carbons (Fsp3) is 0.125. The molecule has 0 bridgehead atoms. The summed E-state index contributed by atoms with van der Waals surface area (Å²) in [5.74, 6) is 0.309. The topological polar surface area (TPSA) is 12.9 Å². The fourth-order valence-corrected chi connectivity index (χ4v) is 1.58. The number of nitrogens with zero attached hydrogens (tertiary/aromatic N) is 1. The number of halogens is 3. The second kappa shape index (κ2) is 4.13. The van der Waals surface area contributed by atoms with Crippen LogP contribution in [-0.4, -0.2) is 10.9 Å². The molecule has 0 N–H and O–H groups in total. The van der Waals surface area contributed by atoms with Crippen molar-refractivity contribution in [1.82, 2.24) is 4.98 Å². The van der Waals surface area contributed by atoms with Crippen LogP contribution in [0.4, 0.5) is 0 Å². The minimum Gasteiger partial charge on any atom is -0.262 e. The van der Waals surface area contributed by atoms with Crippen LogP contribution in [0.5, 0.6) is 0 Å². The van der Waals surface area contributed by atoms with E-state index in [0.717, 1.165) is 0 Å². The molecule has 1 rings (SSSR count). The number of alkyl halides is 1. The van der Waals surface area contributed by atoms with E-state index in [1.54, 1.807) is 0 Å². The van der Waals surface area contributed by atoms with Gasteiger partial charge in [0, 0.05) is 23.8 Å². The van der Waals surface area contributed by atoms with Gasteiger partial charge in [-0.2, -0.15) is 0 Å². The highest BCUT2D eigenvalue weighted by molar-refractivity contribution is 6.38. The Balaban J connectivity index is 3.21. The third kappa shape index (κ3) is 1.92. The molecule has 0 atom stereocenters. The van der Waals surface area contributed by atoms with Crippen LogP contribution < -0.4 is 0 Å². The Hall–Kier alpha value is -0.240. The summed E-state index contributed by atoms with van der Waals surface area (Å²) in [4.78, 5) is 3.81. The summed E-state index contributed by atoms with van der Waals surface area (Å²) < 4.78 is 0. The Morgan fingerprint density at radius 3 is 2.25 bits per heavy atom. The van der Waals surface area contributed by atoms with Crippen molar-refractivity contribution in [2.45, 2.75) is 0 Å². The van der Waals surface area contributed by atoms with Crippen LogP contribution in [0, 0.1) is 0 Å². The first-order valence-corrected chi connectivity index (χ1v) is 4.49. The zero-order valence-electron chi connectivity index (χ0n) is 6.15. The summed E-state index contributed by atoms with van der Waals surface area (Å²) in [6.45, 7) is 3.74. The number of hydrogen-bond acceptors (Lipinski definition) is 1. The molecule has 1 aromatic heterocycles. The highest BCUT2D eigenvalue weighted by atomic mass is 35.5. The Bertz CT molecular complexity index is 289. The quantitative estimate of drug-likeness (QED) is 0.696. The average molecular weight is 223 g/mol. The van der Waals surface area contributed by atoms with Crippen molar-refractivity contribution in [3.63, 3.8) is 0 Å². The van der Waals surface area contributed by atoms with E-state index in [1.807, 2.05) is 0 Å². The largest absolute Gasteiger partial charge is 0.262 e. The number of hydrogen-bond donors (Lipinski definition) is 0. The van der Waals surface area contributed by atoms with Crippen molar-refractivity contribution in [2.75, 3.05) is 5.88 Å². The van der Waals surface area contributed by atoms with E-state index < -0.39 is 0 Å². The molecule has 0 aliphatic rings. The molecule has 1 nitrogen and oxygen atoms in total. The van der Waals surface area contributed by atoms with Gasteiger partial charge in [0.2, 0.25) is 0 Å². The Kier molecular flexibility index (Phi) is 3.39. The van der Waals surface area contributed by atoms with Crippen molar-refractivity contribution in [1.29, 1.82) is 0 Å². The van der Waals surface area contributed by atoms with Gasteiger partial charge in [-0.1, -0.05) is 29.8 Å². The lowest BCUT2D eigenvalue weighted by molar-refractivity contribution is 1.31. The van der Waals surface area contributed by atoms with Crippen LogP contribution in [0.15, 0.2) is 19.0 Å². The average Bonchev–Trinajstić information content (AvgIpc) is 2.03. The van der Waals surface area contributed by atoms with Crippen LogP contribution in [-0.2, 0) is 0 Å². The number of rotatable bonds is 2. The summed E-state index contributed by atoms with van der Waals surface area (Å²) in [5, 5.41) is 0.960. The maximum absolute atomic E-state index is 5.84. The van der Waals surface area contributed by atoms with E-state index >= 15 is 0 Å². The maximum Gasteiger partial charge on any atom is 0.0679 e. The van der Waals surface area contributed by atoms with Crippen molar-refractivity contribution in [2.24, 2.45) is 0 Å². The molecule has 1 aromatic rings. The number of allylic oxidation sites excluding steroid dienone is 1. The minimum atomic E-state index is 0.309. The molecule has 1 heterocycles. The van der Waals surface area contributed by atoms with Crippen LogP contribution in [0.25, 0.3) is 5.57 Å². The predicted molar refractivity (Wildman–Crippen MR) is 54.0 cm³/mol. The summed E-state index contributed by atoms with van der Waals surface area (Å²) in [5.41, 5.74) is 1.39. The lowest BCUT2D eigenvalue weighted by atomic mass is 10.1. The monoisotopic (exact) mass is 221 g/mol. The molecule has 0 amide bonds. The van der Waals surface area contributed by atoms with Gasteiger partial charge in [-0.05, 0) is 5.57 Å². The van der Waals surface area contributed by atoms with E-state index in [1.165, 1.54) is 12.4 Å². The molecule has 0 saturated heterocycles. The number of pyridine rings is 1. The molecule has 0 saturated carbocycles. The molecule has 4 heteroatoms. The molecule has 0 spiro atoms. The van der Waals surface area contributed by atoms with Crippen LogP contribution in [0.2, 0.25) is 10.0 Å². The highest BCUT2D eigenvalue weighted by Crippen LogP contribution is 2.29. The van der Waals surface area contributed by atoms with Gasteiger partial charge in [-0.25, -0.2) is 0 Å². The smallest absolute Gasteiger partial charge is 0.0679 e. The summed E-state index contributed by atoms with van der Waals surface area (Å²) in [7, 11) is 0. The second-order valence-electron chi connectivity index (χ2n) is 2.22. The summed E-state index contributed by atoms with van der Waals surface area (Å²) in [6, 6.07) is 0. The Morgan fingerprint density at radius 1 is 1.33 bits per heavy atom. The van der Waals surface area contributed by atoms with Gasteiger partial charge >= 0.3 is 0 Å². The molecule has 0 radical (unpaired) electrons. The van der Waals surface area contributed by atoms with Crippen LogP contribution in [0.3, 0.4) is 0 Å². The number of aromatic nitrogens is 1. The first-order valence-electron chi connectivity index (χ1n) is 3.20. The van der Waals surface area contributed by atoms with E-state index in [-0.39, 0.29) is 0 Å². The summed E-state index contributed by atoms with van der Waals surface area (Å²) >= 11 is 17.3.